The van der Waals surface area contributed by atoms with Crippen molar-refractivity contribution in [2.24, 2.45) is 5.18 Å². The molecule has 0 atom stereocenters. The Hall–Kier alpha value is -2.48. The monoisotopic (exact) mass is 256 g/mol. The standard InChI is InChI=1S/C6H6N2O2.C4H6O4/c9-7-5-1-2-6(8-10)4-3-5;5-3(6)1-2-4(7)8/h1-4,7,9H;1-2H2,(H,5,6)(H,7,8). The zero-order valence-corrected chi connectivity index (χ0v) is 9.24. The lowest BCUT2D eigenvalue weighted by Crippen LogP contribution is -2.00. The Balaban J connectivity index is 0.000000331. The van der Waals surface area contributed by atoms with Crippen LogP contribution in [0, 0.1) is 4.91 Å². The van der Waals surface area contributed by atoms with Crippen molar-refractivity contribution in [3.8, 4) is 0 Å². The lowest BCUT2D eigenvalue weighted by atomic mass is 10.3. The molecule has 0 fully saturated rings. The van der Waals surface area contributed by atoms with Gasteiger partial charge >= 0.3 is 11.9 Å². The molecule has 8 heteroatoms. The van der Waals surface area contributed by atoms with Crippen molar-refractivity contribution in [3.63, 3.8) is 0 Å². The van der Waals surface area contributed by atoms with Crippen LogP contribution in [0.3, 0.4) is 0 Å². The van der Waals surface area contributed by atoms with Gasteiger partial charge in [0.2, 0.25) is 0 Å². The molecule has 1 aromatic carbocycles. The van der Waals surface area contributed by atoms with Gasteiger partial charge in [0.15, 0.2) is 0 Å². The molecule has 0 spiro atoms. The van der Waals surface area contributed by atoms with Crippen molar-refractivity contribution in [2.45, 2.75) is 12.8 Å². The van der Waals surface area contributed by atoms with Crippen LogP contribution < -0.4 is 5.48 Å². The van der Waals surface area contributed by atoms with Crippen LogP contribution in [-0.2, 0) is 9.59 Å². The molecule has 0 radical (unpaired) electrons. The van der Waals surface area contributed by atoms with Gasteiger partial charge in [-0.3, -0.25) is 20.3 Å². The molecule has 98 valence electrons. The summed E-state index contributed by atoms with van der Waals surface area (Å²) in [5.41, 5.74) is 2.82. The van der Waals surface area contributed by atoms with Gasteiger partial charge in [-0.1, -0.05) is 0 Å². The van der Waals surface area contributed by atoms with E-state index in [4.69, 9.17) is 15.4 Å². The van der Waals surface area contributed by atoms with Crippen molar-refractivity contribution in [1.29, 1.82) is 0 Å². The Kier molecular flexibility index (Phi) is 7.46. The summed E-state index contributed by atoms with van der Waals surface area (Å²) in [5.74, 6) is -2.15. The number of rotatable bonds is 5. The molecule has 0 aliphatic carbocycles. The lowest BCUT2D eigenvalue weighted by Gasteiger charge is -1.95. The number of nitroso groups, excluding NO2 is 1. The van der Waals surface area contributed by atoms with Gasteiger partial charge in [0.05, 0.1) is 18.5 Å². The molecule has 18 heavy (non-hydrogen) atoms. The minimum absolute atomic E-state index is 0.296. The maximum absolute atomic E-state index is 9.87. The second-order valence-corrected chi connectivity index (χ2v) is 3.04. The van der Waals surface area contributed by atoms with Crippen LogP contribution in [0.1, 0.15) is 12.8 Å². The van der Waals surface area contributed by atoms with Crippen LogP contribution in [0.2, 0.25) is 0 Å². The number of aliphatic carboxylic acids is 2. The Labute approximate surface area is 102 Å². The highest BCUT2D eigenvalue weighted by Crippen LogP contribution is 2.14. The van der Waals surface area contributed by atoms with Gasteiger partial charge in [0.25, 0.3) is 0 Å². The van der Waals surface area contributed by atoms with E-state index in [0.717, 1.165) is 0 Å². The number of nitrogens with one attached hydrogen (secondary N) is 1. The summed E-state index contributed by atoms with van der Waals surface area (Å²) >= 11 is 0. The number of hydrogen-bond acceptors (Lipinski definition) is 6. The van der Waals surface area contributed by atoms with Gasteiger partial charge in [-0.05, 0) is 29.4 Å². The second kappa shape index (κ2) is 8.65. The lowest BCUT2D eigenvalue weighted by molar-refractivity contribution is -0.143. The number of carboxylic acids is 2. The molecule has 0 heterocycles. The van der Waals surface area contributed by atoms with Crippen LogP contribution in [0.25, 0.3) is 0 Å². The molecule has 0 saturated heterocycles. The quantitative estimate of drug-likeness (QED) is 0.465. The van der Waals surface area contributed by atoms with E-state index in [1.54, 1.807) is 12.1 Å². The van der Waals surface area contributed by atoms with E-state index >= 15 is 0 Å². The van der Waals surface area contributed by atoms with Gasteiger partial charge < -0.3 is 10.2 Å². The van der Waals surface area contributed by atoms with Gasteiger partial charge in [-0.15, -0.1) is 4.91 Å². The third-order valence-corrected chi connectivity index (χ3v) is 1.65. The Morgan fingerprint density at radius 1 is 1.06 bits per heavy atom. The van der Waals surface area contributed by atoms with Crippen molar-refractivity contribution < 1.29 is 25.0 Å². The van der Waals surface area contributed by atoms with E-state index in [9.17, 15) is 14.5 Å². The van der Waals surface area contributed by atoms with E-state index in [0.29, 0.717) is 11.4 Å². The SMILES string of the molecule is O=C(O)CCC(=O)O.O=Nc1ccc(NO)cc1. The molecule has 4 N–H and O–H groups in total. The van der Waals surface area contributed by atoms with Crippen LogP contribution in [0.15, 0.2) is 29.4 Å². The van der Waals surface area contributed by atoms with Gasteiger partial charge in [-0.2, -0.15) is 0 Å². The molecule has 1 aromatic rings. The van der Waals surface area contributed by atoms with E-state index in [2.05, 4.69) is 5.18 Å². The molecule has 0 bridgehead atoms. The summed E-state index contributed by atoms with van der Waals surface area (Å²) in [5, 5.41) is 26.8. The fourth-order valence-corrected chi connectivity index (χ4v) is 0.811. The molecule has 0 unspecified atom stereocenters. The van der Waals surface area contributed by atoms with E-state index < -0.39 is 11.9 Å². The average Bonchev–Trinajstić information content (AvgIpc) is 2.37. The normalized spacial score (nSPS) is 8.72. The molecule has 0 aliphatic heterocycles. The minimum atomic E-state index is -1.08. The fraction of sp³-hybridized carbons (Fsp3) is 0.200. The molecule has 0 aromatic heterocycles. The zero-order valence-electron chi connectivity index (χ0n) is 9.24. The number of nitrogens with zero attached hydrogens (tertiary/aromatic N) is 1. The molecule has 0 saturated carbocycles. The fourth-order valence-electron chi connectivity index (χ4n) is 0.811. The van der Waals surface area contributed by atoms with Crippen LogP contribution in [-0.4, -0.2) is 27.4 Å². The van der Waals surface area contributed by atoms with E-state index in [1.807, 2.05) is 5.48 Å². The number of carboxylic acid groups (broad SMARTS) is 2. The first kappa shape index (κ1) is 15.5. The number of benzene rings is 1. The summed E-state index contributed by atoms with van der Waals surface area (Å²) in [7, 11) is 0. The topological polar surface area (TPSA) is 136 Å². The third-order valence-electron chi connectivity index (χ3n) is 1.65. The summed E-state index contributed by atoms with van der Waals surface area (Å²) < 4.78 is 0. The van der Waals surface area contributed by atoms with Crippen LogP contribution >= 0.6 is 0 Å². The first-order valence-electron chi connectivity index (χ1n) is 4.76. The maximum Gasteiger partial charge on any atom is 0.303 e. The molecule has 0 amide bonds. The summed E-state index contributed by atoms with van der Waals surface area (Å²) in [6.07, 6.45) is -0.593. The van der Waals surface area contributed by atoms with Gasteiger partial charge in [0, 0.05) is 0 Å². The first-order chi connectivity index (χ1) is 8.49. The predicted molar refractivity (Wildman–Crippen MR) is 61.8 cm³/mol. The number of carbonyl (C=O) groups is 2. The molecule has 8 nitrogen and oxygen atoms in total. The minimum Gasteiger partial charge on any atom is -0.481 e. The van der Waals surface area contributed by atoms with Crippen molar-refractivity contribution >= 4 is 23.3 Å². The van der Waals surface area contributed by atoms with Crippen molar-refractivity contribution in [2.75, 3.05) is 5.48 Å². The highest BCUT2D eigenvalue weighted by atomic mass is 16.5. The van der Waals surface area contributed by atoms with Gasteiger partial charge in [-0.25, -0.2) is 0 Å². The van der Waals surface area contributed by atoms with Crippen LogP contribution in [0.4, 0.5) is 11.4 Å². The maximum atomic E-state index is 9.87. The largest absolute Gasteiger partial charge is 0.481 e. The van der Waals surface area contributed by atoms with Gasteiger partial charge in [0.1, 0.15) is 5.69 Å². The highest BCUT2D eigenvalue weighted by Gasteiger charge is 2.00. The predicted octanol–water partition coefficient (Wildman–Crippen LogP) is 1.82. The van der Waals surface area contributed by atoms with Crippen LogP contribution in [0.5, 0.6) is 0 Å². The summed E-state index contributed by atoms with van der Waals surface area (Å²) in [6, 6.07) is 6.12. The molecule has 1 rings (SSSR count). The summed E-state index contributed by atoms with van der Waals surface area (Å²) in [6.45, 7) is 0. The molecular formula is C10H12N2O6. The zero-order chi connectivity index (χ0) is 14.0. The first-order valence-corrected chi connectivity index (χ1v) is 4.76. The van der Waals surface area contributed by atoms with Crippen molar-refractivity contribution in [3.05, 3.63) is 29.2 Å². The number of anilines is 1. The molecular weight excluding hydrogens is 244 g/mol. The third kappa shape index (κ3) is 7.77. The Morgan fingerprint density at radius 3 is 1.78 bits per heavy atom. The van der Waals surface area contributed by atoms with Crippen molar-refractivity contribution in [1.82, 2.24) is 0 Å². The Bertz CT molecular complexity index is 389. The number of hydrogen-bond donors (Lipinski definition) is 4. The Morgan fingerprint density at radius 2 is 1.50 bits per heavy atom. The van der Waals surface area contributed by atoms with E-state index in [-0.39, 0.29) is 12.8 Å². The average molecular weight is 256 g/mol. The smallest absolute Gasteiger partial charge is 0.303 e. The second-order valence-electron chi connectivity index (χ2n) is 3.04. The van der Waals surface area contributed by atoms with E-state index in [1.165, 1.54) is 12.1 Å². The summed E-state index contributed by atoms with van der Waals surface area (Å²) in [4.78, 5) is 29.2. The molecule has 0 aliphatic rings. The highest BCUT2D eigenvalue weighted by molar-refractivity contribution is 5.75.